The minimum atomic E-state index is -1.93. The maximum Gasteiger partial charge on any atom is 0.343 e. The molecule has 0 fully saturated rings. The van der Waals surface area contributed by atoms with E-state index >= 15 is 13.2 Å². The molecular formula is C31H31ClF3NO5. The first-order valence-corrected chi connectivity index (χ1v) is 14.0. The fourth-order valence-corrected chi connectivity index (χ4v) is 5.03. The number of cyclic esters (lactones) is 1. The van der Waals surface area contributed by atoms with Gasteiger partial charge in [-0.3, -0.25) is 4.79 Å². The summed E-state index contributed by atoms with van der Waals surface area (Å²) in [4.78, 5) is 25.8. The minimum absolute atomic E-state index is 0.0427. The van der Waals surface area contributed by atoms with Gasteiger partial charge in [0.15, 0.2) is 17.2 Å². The summed E-state index contributed by atoms with van der Waals surface area (Å²) >= 11 is 5.64. The third kappa shape index (κ3) is 6.58. The molecule has 1 N–H and O–H groups in total. The lowest BCUT2D eigenvalue weighted by molar-refractivity contribution is 0.0243. The van der Waals surface area contributed by atoms with E-state index in [-0.39, 0.29) is 19.8 Å². The van der Waals surface area contributed by atoms with Crippen molar-refractivity contribution >= 4 is 23.5 Å². The average Bonchev–Trinajstić information content (AvgIpc) is 3.31. The number of benzene rings is 3. The minimum Gasteiger partial charge on any atom is -0.440 e. The lowest BCUT2D eigenvalue weighted by Gasteiger charge is -2.30. The molecule has 0 spiro atoms. The van der Waals surface area contributed by atoms with Crippen molar-refractivity contribution in [1.82, 2.24) is 5.32 Å². The van der Waals surface area contributed by atoms with Crippen LogP contribution in [0.15, 0.2) is 60.7 Å². The molecule has 4 rings (SSSR count). The van der Waals surface area contributed by atoms with Gasteiger partial charge in [0.1, 0.15) is 16.9 Å². The second-order valence-corrected chi connectivity index (χ2v) is 9.83. The maximum absolute atomic E-state index is 16.2. The lowest BCUT2D eigenvalue weighted by Crippen LogP contribution is -2.33. The van der Waals surface area contributed by atoms with Crippen LogP contribution >= 0.6 is 11.6 Å². The van der Waals surface area contributed by atoms with Gasteiger partial charge >= 0.3 is 5.97 Å². The van der Waals surface area contributed by atoms with Gasteiger partial charge in [-0.05, 0) is 12.8 Å². The number of alkyl halides is 1. The summed E-state index contributed by atoms with van der Waals surface area (Å²) < 4.78 is 63.2. The summed E-state index contributed by atoms with van der Waals surface area (Å²) in [6.45, 7) is 1.18. The molecule has 1 heterocycles. The Morgan fingerprint density at radius 2 is 1.37 bits per heavy atom. The van der Waals surface area contributed by atoms with Crippen LogP contribution in [0.1, 0.15) is 63.1 Å². The Kier molecular flexibility index (Phi) is 10.8. The van der Waals surface area contributed by atoms with Gasteiger partial charge in [-0.1, -0.05) is 73.5 Å². The molecule has 3 aromatic rings. The Balaban J connectivity index is 1.49. The number of halogens is 4. The number of amides is 1. The van der Waals surface area contributed by atoms with Crippen LogP contribution in [0.4, 0.5) is 13.2 Å². The third-order valence-corrected chi connectivity index (χ3v) is 7.05. The molecule has 6 nitrogen and oxygen atoms in total. The number of esters is 1. The van der Waals surface area contributed by atoms with Crippen LogP contribution in [0.3, 0.4) is 0 Å². The number of hydrogen-bond acceptors (Lipinski definition) is 5. The Labute approximate surface area is 241 Å². The van der Waals surface area contributed by atoms with Gasteiger partial charge in [-0.15, -0.1) is 11.6 Å². The Morgan fingerprint density at radius 3 is 1.98 bits per heavy atom. The van der Waals surface area contributed by atoms with E-state index in [0.717, 1.165) is 25.7 Å². The predicted molar refractivity (Wildman–Crippen MR) is 148 cm³/mol. The maximum atomic E-state index is 16.2. The van der Waals surface area contributed by atoms with Gasteiger partial charge in [0.05, 0.1) is 25.4 Å². The second-order valence-electron chi connectivity index (χ2n) is 9.45. The third-order valence-electron chi connectivity index (χ3n) is 6.79. The molecule has 0 aromatic heterocycles. The van der Waals surface area contributed by atoms with E-state index in [0.29, 0.717) is 30.2 Å². The quantitative estimate of drug-likeness (QED) is 0.0999. The largest absolute Gasteiger partial charge is 0.440 e. The second kappa shape index (κ2) is 14.5. The van der Waals surface area contributed by atoms with Crippen molar-refractivity contribution in [3.8, 4) is 0 Å². The predicted octanol–water partition coefficient (Wildman–Crippen LogP) is 6.13. The molecule has 0 bridgehead atoms. The number of unbranched alkanes of at least 4 members (excludes halogenated alkanes) is 3. The van der Waals surface area contributed by atoms with Crippen LogP contribution < -0.4 is 5.32 Å². The summed E-state index contributed by atoms with van der Waals surface area (Å²) in [7, 11) is 0. The van der Waals surface area contributed by atoms with Gasteiger partial charge in [0.25, 0.3) is 5.91 Å². The molecule has 0 radical (unpaired) electrons. The van der Waals surface area contributed by atoms with Crippen molar-refractivity contribution < 1.29 is 37.0 Å². The van der Waals surface area contributed by atoms with Crippen molar-refractivity contribution in [2.45, 2.75) is 31.3 Å². The number of nitrogens with one attached hydrogen (secondary N) is 1. The number of fused-ring (bicyclic) bond motifs is 1. The van der Waals surface area contributed by atoms with Crippen LogP contribution in [-0.2, 0) is 19.8 Å². The van der Waals surface area contributed by atoms with Crippen LogP contribution in [0.25, 0.3) is 0 Å². The lowest BCUT2D eigenvalue weighted by atomic mass is 9.78. The summed E-state index contributed by atoms with van der Waals surface area (Å²) in [6, 6.07) is 16.3. The molecule has 0 saturated heterocycles. The smallest absolute Gasteiger partial charge is 0.343 e. The van der Waals surface area contributed by atoms with Crippen LogP contribution in [0.2, 0.25) is 0 Å². The highest BCUT2D eigenvalue weighted by Gasteiger charge is 2.54. The zero-order valence-electron chi connectivity index (χ0n) is 22.4. The van der Waals surface area contributed by atoms with Gasteiger partial charge in [-0.2, -0.15) is 0 Å². The van der Waals surface area contributed by atoms with Crippen molar-refractivity contribution in [1.29, 1.82) is 0 Å². The Bertz CT molecular complexity index is 1300. The van der Waals surface area contributed by atoms with E-state index in [1.165, 1.54) is 0 Å². The molecule has 10 heteroatoms. The normalized spacial score (nSPS) is 13.6. The highest BCUT2D eigenvalue weighted by atomic mass is 35.5. The number of rotatable bonds is 15. The van der Waals surface area contributed by atoms with Crippen molar-refractivity contribution in [3.63, 3.8) is 0 Å². The van der Waals surface area contributed by atoms with Gasteiger partial charge in [-0.25, -0.2) is 18.0 Å². The van der Waals surface area contributed by atoms with Crippen LogP contribution in [0.5, 0.6) is 0 Å². The zero-order chi connectivity index (χ0) is 29.2. The summed E-state index contributed by atoms with van der Waals surface area (Å²) in [5, 5.41) is 2.36. The van der Waals surface area contributed by atoms with E-state index in [4.69, 9.17) is 25.8 Å². The Hall–Kier alpha value is -3.40. The molecule has 41 heavy (non-hydrogen) atoms. The van der Waals surface area contributed by atoms with Crippen LogP contribution in [0, 0.1) is 17.5 Å². The average molecular weight is 590 g/mol. The zero-order valence-corrected chi connectivity index (χ0v) is 23.2. The highest BCUT2D eigenvalue weighted by Crippen LogP contribution is 2.49. The molecule has 1 aliphatic heterocycles. The topological polar surface area (TPSA) is 73.9 Å². The Morgan fingerprint density at radius 1 is 0.780 bits per heavy atom. The summed E-state index contributed by atoms with van der Waals surface area (Å²) in [5.41, 5.74) is -3.91. The van der Waals surface area contributed by atoms with Crippen molar-refractivity contribution in [2.75, 3.05) is 38.9 Å². The molecule has 1 amide bonds. The molecule has 3 aromatic carbocycles. The fraction of sp³-hybridized carbons (Fsp3) is 0.355. The number of carbonyl (C=O) groups excluding carboxylic acids is 2. The fourth-order valence-electron chi connectivity index (χ4n) is 4.84. The number of hydrogen-bond donors (Lipinski definition) is 1. The summed E-state index contributed by atoms with van der Waals surface area (Å²) in [6.07, 6.45) is 4.00. The van der Waals surface area contributed by atoms with E-state index < -0.39 is 51.6 Å². The first-order chi connectivity index (χ1) is 19.9. The van der Waals surface area contributed by atoms with E-state index in [1.54, 1.807) is 60.7 Å². The number of ether oxygens (including phenoxy) is 3. The summed E-state index contributed by atoms with van der Waals surface area (Å²) in [5.74, 6) is -6.57. The first kappa shape index (κ1) is 30.6. The van der Waals surface area contributed by atoms with E-state index in [2.05, 4.69) is 5.32 Å². The molecule has 0 atom stereocenters. The van der Waals surface area contributed by atoms with Crippen LogP contribution in [-0.4, -0.2) is 50.7 Å². The molecule has 0 saturated carbocycles. The molecule has 0 aliphatic carbocycles. The van der Waals surface area contributed by atoms with E-state index in [9.17, 15) is 9.59 Å². The van der Waals surface area contributed by atoms with Crippen molar-refractivity contribution in [2.24, 2.45) is 0 Å². The SMILES string of the molecule is O=C(NCCOCCOCCCCCCCl)c1c(F)c(F)c2c(c1F)C(c1ccccc1)(c1ccccc1)OC2=O. The highest BCUT2D eigenvalue weighted by molar-refractivity contribution is 6.17. The van der Waals surface area contributed by atoms with Gasteiger partial charge in [0.2, 0.25) is 0 Å². The van der Waals surface area contributed by atoms with Gasteiger partial charge < -0.3 is 19.5 Å². The van der Waals surface area contributed by atoms with Crippen molar-refractivity contribution in [3.05, 3.63) is 106 Å². The molecule has 1 aliphatic rings. The standard InChI is InChI=1S/C31H31ClF3NO5/c32-15-9-1-2-10-17-39-19-20-40-18-16-36-29(37)24-26(33)25-23(27(34)28(24)35)30(38)41-31(25,21-11-5-3-6-12-21)22-13-7-4-8-14-22/h3-8,11-14H,1-2,9-10,15-20H2,(H,36,37). The van der Waals surface area contributed by atoms with E-state index in [1.807, 2.05) is 0 Å². The monoisotopic (exact) mass is 589 g/mol. The molecule has 0 unspecified atom stereocenters. The van der Waals surface area contributed by atoms with Gasteiger partial charge in [0, 0.05) is 30.2 Å². The molecule has 218 valence electrons. The first-order valence-electron chi connectivity index (χ1n) is 13.5. The molecular weight excluding hydrogens is 559 g/mol. The number of carbonyl (C=O) groups is 2.